The highest BCUT2D eigenvalue weighted by molar-refractivity contribution is 6.37. The number of para-hydroxylation sites is 1. The summed E-state index contributed by atoms with van der Waals surface area (Å²) >= 11 is 6.00. The minimum Gasteiger partial charge on any atom is -0.496 e. The molecule has 0 bridgehead atoms. The van der Waals surface area contributed by atoms with Crippen molar-refractivity contribution in [1.82, 2.24) is 4.90 Å². The van der Waals surface area contributed by atoms with Gasteiger partial charge in [0.15, 0.2) is 0 Å². The number of halogens is 1. The van der Waals surface area contributed by atoms with Crippen molar-refractivity contribution in [3.8, 4) is 5.75 Å². The van der Waals surface area contributed by atoms with Crippen LogP contribution < -0.4 is 10.1 Å². The highest BCUT2D eigenvalue weighted by Gasteiger charge is 2.40. The highest BCUT2D eigenvalue weighted by Crippen LogP contribution is 2.37. The van der Waals surface area contributed by atoms with E-state index in [1.165, 1.54) is 4.90 Å². The van der Waals surface area contributed by atoms with Gasteiger partial charge in [0.2, 0.25) is 0 Å². The third-order valence-electron chi connectivity index (χ3n) is 5.85. The van der Waals surface area contributed by atoms with Crippen LogP contribution >= 0.6 is 11.6 Å². The fourth-order valence-electron chi connectivity index (χ4n) is 4.18. The lowest BCUT2D eigenvalue weighted by Gasteiger charge is -2.16. The molecule has 0 aliphatic carbocycles. The zero-order valence-electron chi connectivity index (χ0n) is 18.4. The molecule has 0 unspecified atom stereocenters. The van der Waals surface area contributed by atoms with Gasteiger partial charge in [-0.2, -0.15) is 0 Å². The lowest BCUT2D eigenvalue weighted by molar-refractivity contribution is -0.137. The Bertz CT molecular complexity index is 1440. The normalized spacial score (nSPS) is 13.6. The summed E-state index contributed by atoms with van der Waals surface area (Å²) in [4.78, 5) is 28.5. The van der Waals surface area contributed by atoms with Gasteiger partial charge in [-0.1, -0.05) is 78.3 Å². The Morgan fingerprint density at radius 1 is 0.824 bits per heavy atom. The lowest BCUT2D eigenvalue weighted by Crippen LogP contribution is -2.32. The fourth-order valence-corrected chi connectivity index (χ4v) is 4.30. The molecule has 0 radical (unpaired) electrons. The van der Waals surface area contributed by atoms with Gasteiger partial charge in [0.05, 0.1) is 19.2 Å². The van der Waals surface area contributed by atoms with Crippen LogP contribution in [-0.2, 0) is 16.1 Å². The van der Waals surface area contributed by atoms with E-state index in [-0.39, 0.29) is 23.7 Å². The standard InChI is InChI=1S/C28H21ClN2O3/c1-34-24-12-5-4-10-22(24)25-26(30-23-11-6-8-19-7-2-3-9-21(19)23)28(33)31(27(25)32)17-18-13-15-20(29)16-14-18/h2-16,30H,17H2,1H3. The average molecular weight is 469 g/mol. The van der Waals surface area contributed by atoms with Crippen molar-refractivity contribution in [3.63, 3.8) is 0 Å². The second-order valence-electron chi connectivity index (χ2n) is 7.92. The monoisotopic (exact) mass is 468 g/mol. The van der Waals surface area contributed by atoms with Gasteiger partial charge >= 0.3 is 0 Å². The van der Waals surface area contributed by atoms with E-state index in [1.807, 2.05) is 66.7 Å². The number of methoxy groups -OCH3 is 1. The third kappa shape index (κ3) is 3.91. The smallest absolute Gasteiger partial charge is 0.278 e. The number of ether oxygens (including phenoxy) is 1. The van der Waals surface area contributed by atoms with Gasteiger partial charge in [-0.3, -0.25) is 14.5 Å². The van der Waals surface area contributed by atoms with E-state index >= 15 is 0 Å². The molecule has 1 N–H and O–H groups in total. The summed E-state index contributed by atoms with van der Waals surface area (Å²) in [5, 5.41) is 5.85. The first-order chi connectivity index (χ1) is 16.6. The fraction of sp³-hybridized carbons (Fsp3) is 0.0714. The van der Waals surface area contributed by atoms with Crippen molar-refractivity contribution >= 4 is 45.4 Å². The van der Waals surface area contributed by atoms with E-state index in [0.29, 0.717) is 16.3 Å². The maximum atomic E-state index is 13.6. The van der Waals surface area contributed by atoms with Crippen LogP contribution in [0.3, 0.4) is 0 Å². The van der Waals surface area contributed by atoms with Crippen molar-refractivity contribution in [2.45, 2.75) is 6.54 Å². The van der Waals surface area contributed by atoms with Gasteiger partial charge in [-0.25, -0.2) is 0 Å². The van der Waals surface area contributed by atoms with Gasteiger partial charge in [0.25, 0.3) is 11.8 Å². The van der Waals surface area contributed by atoms with Crippen molar-refractivity contribution in [3.05, 3.63) is 113 Å². The second kappa shape index (κ2) is 9.04. The van der Waals surface area contributed by atoms with Gasteiger partial charge in [0.1, 0.15) is 11.4 Å². The SMILES string of the molecule is COc1ccccc1C1=C(Nc2cccc3ccccc23)C(=O)N(Cc2ccc(Cl)cc2)C1=O. The number of hydrogen-bond donors (Lipinski definition) is 1. The molecule has 34 heavy (non-hydrogen) atoms. The number of rotatable bonds is 6. The molecule has 168 valence electrons. The summed E-state index contributed by atoms with van der Waals surface area (Å²) in [5.74, 6) is -0.259. The average Bonchev–Trinajstić information content (AvgIpc) is 3.09. The van der Waals surface area contributed by atoms with E-state index in [9.17, 15) is 9.59 Å². The van der Waals surface area contributed by atoms with E-state index in [4.69, 9.17) is 16.3 Å². The molecule has 0 aromatic heterocycles. The number of nitrogens with zero attached hydrogens (tertiary/aromatic N) is 1. The topological polar surface area (TPSA) is 58.6 Å². The van der Waals surface area contributed by atoms with Crippen LogP contribution in [0.5, 0.6) is 5.75 Å². The molecule has 0 atom stereocenters. The van der Waals surface area contributed by atoms with Crippen molar-refractivity contribution in [1.29, 1.82) is 0 Å². The molecule has 5 rings (SSSR count). The van der Waals surface area contributed by atoms with Gasteiger partial charge in [-0.05, 0) is 35.2 Å². The largest absolute Gasteiger partial charge is 0.496 e. The van der Waals surface area contributed by atoms with Gasteiger partial charge < -0.3 is 10.1 Å². The van der Waals surface area contributed by atoms with Crippen molar-refractivity contribution in [2.24, 2.45) is 0 Å². The number of carbonyl (C=O) groups is 2. The number of benzene rings is 4. The molecular formula is C28H21ClN2O3. The first-order valence-electron chi connectivity index (χ1n) is 10.8. The number of nitrogens with one attached hydrogen (secondary N) is 1. The Morgan fingerprint density at radius 3 is 2.32 bits per heavy atom. The first-order valence-corrected chi connectivity index (χ1v) is 11.2. The first kappa shape index (κ1) is 21.7. The Morgan fingerprint density at radius 2 is 1.53 bits per heavy atom. The van der Waals surface area contributed by atoms with Crippen molar-refractivity contribution in [2.75, 3.05) is 12.4 Å². The van der Waals surface area contributed by atoms with Gasteiger partial charge in [0, 0.05) is 21.7 Å². The maximum absolute atomic E-state index is 13.6. The minimum atomic E-state index is -0.395. The lowest BCUT2D eigenvalue weighted by atomic mass is 10.0. The van der Waals surface area contributed by atoms with Crippen LogP contribution in [0.2, 0.25) is 5.02 Å². The van der Waals surface area contributed by atoms with Crippen LogP contribution in [0.1, 0.15) is 11.1 Å². The summed E-state index contributed by atoms with van der Waals surface area (Å²) in [6, 6.07) is 28.0. The molecule has 1 heterocycles. The highest BCUT2D eigenvalue weighted by atomic mass is 35.5. The van der Waals surface area contributed by atoms with E-state index < -0.39 is 5.91 Å². The Balaban J connectivity index is 1.62. The number of amides is 2. The Hall–Kier alpha value is -4.09. The summed E-state index contributed by atoms with van der Waals surface area (Å²) in [5.41, 5.74) is 2.61. The van der Waals surface area contributed by atoms with Crippen LogP contribution in [0.4, 0.5) is 5.69 Å². The molecule has 2 amide bonds. The van der Waals surface area contributed by atoms with Crippen LogP contribution in [0.15, 0.2) is 96.7 Å². The molecule has 0 fully saturated rings. The number of hydrogen-bond acceptors (Lipinski definition) is 4. The number of anilines is 1. The molecule has 6 heteroatoms. The molecule has 4 aromatic rings. The number of imide groups is 1. The zero-order chi connectivity index (χ0) is 23.7. The van der Waals surface area contributed by atoms with E-state index in [2.05, 4.69) is 5.32 Å². The number of fused-ring (bicyclic) bond motifs is 1. The van der Waals surface area contributed by atoms with Crippen LogP contribution in [0, 0.1) is 0 Å². The molecule has 5 nitrogen and oxygen atoms in total. The van der Waals surface area contributed by atoms with Crippen molar-refractivity contribution < 1.29 is 14.3 Å². The molecule has 0 spiro atoms. The second-order valence-corrected chi connectivity index (χ2v) is 8.36. The summed E-state index contributed by atoms with van der Waals surface area (Å²) in [6.45, 7) is 0.133. The van der Waals surface area contributed by atoms with Crippen LogP contribution in [-0.4, -0.2) is 23.8 Å². The summed E-state index contributed by atoms with van der Waals surface area (Å²) in [7, 11) is 1.55. The summed E-state index contributed by atoms with van der Waals surface area (Å²) < 4.78 is 5.52. The molecule has 4 aromatic carbocycles. The van der Waals surface area contributed by atoms with E-state index in [0.717, 1.165) is 22.0 Å². The predicted molar refractivity (Wildman–Crippen MR) is 134 cm³/mol. The molecule has 1 aliphatic rings. The summed E-state index contributed by atoms with van der Waals surface area (Å²) in [6.07, 6.45) is 0. The molecule has 0 saturated heterocycles. The Kier molecular flexibility index (Phi) is 5.78. The molecule has 0 saturated carbocycles. The maximum Gasteiger partial charge on any atom is 0.278 e. The van der Waals surface area contributed by atoms with Crippen LogP contribution in [0.25, 0.3) is 16.3 Å². The predicted octanol–water partition coefficient (Wildman–Crippen LogP) is 5.89. The van der Waals surface area contributed by atoms with Gasteiger partial charge in [-0.15, -0.1) is 0 Å². The third-order valence-corrected chi connectivity index (χ3v) is 6.10. The Labute approximate surface area is 202 Å². The van der Waals surface area contributed by atoms with E-state index in [1.54, 1.807) is 31.4 Å². The molecule has 1 aliphatic heterocycles. The minimum absolute atomic E-state index is 0.133. The number of carbonyl (C=O) groups excluding carboxylic acids is 2. The zero-order valence-corrected chi connectivity index (χ0v) is 19.2. The quantitative estimate of drug-likeness (QED) is 0.358. The molecular weight excluding hydrogens is 448 g/mol.